The minimum Gasteiger partial charge on any atom is -0.308 e. The van der Waals surface area contributed by atoms with Crippen molar-refractivity contribution in [2.75, 3.05) is 0 Å². The first-order chi connectivity index (χ1) is 37.6. The summed E-state index contributed by atoms with van der Waals surface area (Å²) in [5.41, 5.74) is 23.0. The van der Waals surface area contributed by atoms with Gasteiger partial charge < -0.3 is 4.40 Å². The van der Waals surface area contributed by atoms with Crippen molar-refractivity contribution in [2.45, 2.75) is 39.9 Å². The molecule has 0 aliphatic heterocycles. The molecule has 20 rings (SSSR count). The Labute approximate surface area is 436 Å². The van der Waals surface area contributed by atoms with Crippen LogP contribution in [0.15, 0.2) is 224 Å². The van der Waals surface area contributed by atoms with Gasteiger partial charge in [-0.1, -0.05) is 194 Å². The highest BCUT2D eigenvalue weighted by atomic mass is 16.1. The Hall–Kier alpha value is -9.18. The summed E-state index contributed by atoms with van der Waals surface area (Å²) in [7, 11) is 0. The number of fused-ring (bicyclic) bond motifs is 21. The van der Waals surface area contributed by atoms with Crippen LogP contribution in [0.4, 0.5) is 0 Å². The molecular weight excluding hydrogens is 923 g/mol. The van der Waals surface area contributed by atoms with Crippen LogP contribution in [0.5, 0.6) is 0 Å². The molecule has 11 aromatic carbocycles. The van der Waals surface area contributed by atoms with Crippen molar-refractivity contribution in [2.24, 2.45) is 0 Å². The van der Waals surface area contributed by atoms with E-state index in [4.69, 9.17) is 0 Å². The highest BCUT2D eigenvalue weighted by Gasteiger charge is 2.71. The maximum atomic E-state index is 15.8. The van der Waals surface area contributed by atoms with E-state index in [1.807, 2.05) is 0 Å². The van der Waals surface area contributed by atoms with E-state index in [1.54, 1.807) is 0 Å². The first-order valence-electron chi connectivity index (χ1n) is 27.0. The van der Waals surface area contributed by atoms with Gasteiger partial charge in [0.05, 0.1) is 33.8 Å². The molecule has 0 saturated heterocycles. The highest BCUT2D eigenvalue weighted by molar-refractivity contribution is 6.29. The first kappa shape index (κ1) is 39.3. The molecule has 6 unspecified atom stereocenters. The van der Waals surface area contributed by atoms with Crippen molar-refractivity contribution in [3.05, 3.63) is 313 Å². The molecule has 0 N–H and O–H groups in total. The third-order valence-corrected chi connectivity index (χ3v) is 20.7. The lowest BCUT2D eigenvalue weighted by atomic mass is 9.36. The van der Waals surface area contributed by atoms with Crippen molar-refractivity contribution >= 4 is 60.4 Å². The van der Waals surface area contributed by atoms with Gasteiger partial charge in [-0.05, 0) is 130 Å². The lowest BCUT2D eigenvalue weighted by Gasteiger charge is -2.64. The van der Waals surface area contributed by atoms with E-state index in [-0.39, 0.29) is 40.7 Å². The van der Waals surface area contributed by atoms with Crippen LogP contribution in [-0.2, 0) is 16.2 Å². The smallest absolute Gasteiger partial charge is 0.171 e. The fourth-order valence-electron chi connectivity index (χ4n) is 18.3. The Bertz CT molecular complexity index is 4920. The lowest BCUT2D eigenvalue weighted by Crippen LogP contribution is -2.61. The van der Waals surface area contributed by atoms with Crippen molar-refractivity contribution in [1.82, 2.24) is 4.40 Å². The fourth-order valence-corrected chi connectivity index (χ4v) is 18.3. The average Bonchev–Trinajstić information content (AvgIpc) is 1.61. The van der Waals surface area contributed by atoms with E-state index >= 15 is 9.59 Å². The van der Waals surface area contributed by atoms with Gasteiger partial charge in [0.1, 0.15) is 0 Å². The molecule has 0 saturated carbocycles. The number of benzene rings is 11. The zero-order chi connectivity index (χ0) is 49.3. The van der Waals surface area contributed by atoms with Gasteiger partial charge in [-0.25, -0.2) is 0 Å². The van der Waals surface area contributed by atoms with Gasteiger partial charge in [-0.3, -0.25) is 9.59 Å². The molecule has 3 heteroatoms. The van der Waals surface area contributed by atoms with Crippen LogP contribution in [0.3, 0.4) is 0 Å². The Morgan fingerprint density at radius 1 is 0.329 bits per heavy atom. The molecule has 2 aromatic heterocycles. The Morgan fingerprint density at radius 2 is 0.776 bits per heavy atom. The molecule has 3 nitrogen and oxygen atoms in total. The normalized spacial score (nSPS) is 23.5. The molecule has 0 fully saturated rings. The molecule has 76 heavy (non-hydrogen) atoms. The monoisotopic (exact) mass is 963 g/mol. The summed E-state index contributed by atoms with van der Waals surface area (Å²) in [5.74, 6) is -0.0200. The van der Waals surface area contributed by atoms with Crippen LogP contribution < -0.4 is 0 Å². The zero-order valence-electron chi connectivity index (χ0n) is 40.9. The maximum Gasteiger partial charge on any atom is 0.171 e. The quantitative estimate of drug-likeness (QED) is 0.173. The number of carbonyl (C=O) groups excluding carboxylic acids is 2. The molecule has 6 atom stereocenters. The van der Waals surface area contributed by atoms with Crippen LogP contribution in [0.25, 0.3) is 60.0 Å². The van der Waals surface area contributed by atoms with Crippen LogP contribution in [-0.4, -0.2) is 16.0 Å². The van der Waals surface area contributed by atoms with E-state index in [0.29, 0.717) is 0 Å². The van der Waals surface area contributed by atoms with E-state index < -0.39 is 10.8 Å². The molecule has 350 valence electrons. The summed E-state index contributed by atoms with van der Waals surface area (Å²) in [6, 6.07) is 83.3. The van der Waals surface area contributed by atoms with Crippen molar-refractivity contribution in [3.8, 4) is 11.1 Å². The second-order valence-corrected chi connectivity index (χ2v) is 23.1. The number of rotatable bonds is 2. The summed E-state index contributed by atoms with van der Waals surface area (Å²) in [6.45, 7) is 0. The van der Waals surface area contributed by atoms with E-state index in [9.17, 15) is 0 Å². The fraction of sp³-hybridized carbons (Fsp3) is 0.0959. The number of ketones is 2. The number of hydrogen-bond acceptors (Lipinski definition) is 2. The molecule has 0 bridgehead atoms. The SMILES string of the molecule is O=C1c2cc3c(cc2C2c4ccccc4C24c2ccccc2C14)c1cc2c(c4c5cc6c(cc5n3c14)C(=O)C1c3ccccc3C13c1ccccc1C63)C(c1ccccc1)(c1ccccc1)c1cccc3cccc-2c13. The molecule has 0 radical (unpaired) electrons. The van der Waals surface area contributed by atoms with Gasteiger partial charge in [0.15, 0.2) is 11.6 Å². The summed E-state index contributed by atoms with van der Waals surface area (Å²) in [4.78, 5) is 31.6. The van der Waals surface area contributed by atoms with Crippen LogP contribution in [0.1, 0.15) is 122 Å². The summed E-state index contributed by atoms with van der Waals surface area (Å²) in [5, 5.41) is 7.13. The van der Waals surface area contributed by atoms with Gasteiger partial charge in [0, 0.05) is 55.3 Å². The standard InChI is InChI=1S/C73H41NO2/c75-69-51-36-59-46(33-48(51)63-42-23-7-11-28-54(42)72(63)56-30-13-9-25-44(56)66(69)72)50-34-47-41-27-15-17-38-18-16-32-58(61(38)41)71(39-19-3-1-4-20-39,40-21-5-2-6-22-40)65(47)62-53-35-49-52(37-60(53)74(59)68(50)62)70(76)67-45-26-10-14-31-57(45)73(67)55-29-12-8-24-43(55)64(49)73/h1-37,63-64,66-67H. The van der Waals surface area contributed by atoms with Crippen molar-refractivity contribution in [1.29, 1.82) is 0 Å². The number of nitrogens with zero attached hydrogens (tertiary/aromatic N) is 1. The number of Topliss-reactive ketones (excluding diaryl/α,β-unsaturated/α-hetero) is 2. The number of aromatic nitrogens is 1. The minimum absolute atomic E-state index is 0.0245. The van der Waals surface area contributed by atoms with Crippen LogP contribution in [0.2, 0.25) is 0 Å². The van der Waals surface area contributed by atoms with Gasteiger partial charge >= 0.3 is 0 Å². The zero-order valence-corrected chi connectivity index (χ0v) is 40.9. The molecule has 2 heterocycles. The maximum absolute atomic E-state index is 15.8. The predicted molar refractivity (Wildman–Crippen MR) is 301 cm³/mol. The molecular formula is C73H41NO2. The minimum atomic E-state index is -0.756. The van der Waals surface area contributed by atoms with Crippen molar-refractivity contribution in [3.63, 3.8) is 0 Å². The predicted octanol–water partition coefficient (Wildman–Crippen LogP) is 15.8. The average molecular weight is 964 g/mol. The largest absolute Gasteiger partial charge is 0.308 e. The molecule has 13 aromatic rings. The Morgan fingerprint density at radius 3 is 1.32 bits per heavy atom. The highest BCUT2D eigenvalue weighted by Crippen LogP contribution is 2.76. The molecule has 2 spiro atoms. The van der Waals surface area contributed by atoms with Crippen LogP contribution >= 0.6 is 0 Å². The summed E-state index contributed by atoms with van der Waals surface area (Å²) >= 11 is 0. The molecule has 7 aliphatic carbocycles. The Kier molecular flexibility index (Phi) is 6.55. The second-order valence-electron chi connectivity index (χ2n) is 23.1. The van der Waals surface area contributed by atoms with Gasteiger partial charge in [0.2, 0.25) is 0 Å². The molecule has 0 amide bonds. The van der Waals surface area contributed by atoms with Gasteiger partial charge in [-0.15, -0.1) is 0 Å². The summed E-state index contributed by atoms with van der Waals surface area (Å²) in [6.07, 6.45) is 0. The number of carbonyl (C=O) groups is 2. The van der Waals surface area contributed by atoms with Gasteiger partial charge in [-0.2, -0.15) is 0 Å². The van der Waals surface area contributed by atoms with E-state index in [2.05, 4.69) is 229 Å². The lowest BCUT2D eigenvalue weighted by molar-refractivity contribution is 0.0839. The second kappa shape index (κ2) is 12.7. The first-order valence-corrected chi connectivity index (χ1v) is 27.0. The summed E-state index contributed by atoms with van der Waals surface area (Å²) < 4.78 is 2.48. The van der Waals surface area contributed by atoms with E-state index in [0.717, 1.165) is 60.7 Å². The Balaban J connectivity index is 0.990. The third-order valence-electron chi connectivity index (χ3n) is 20.7. The van der Waals surface area contributed by atoms with Crippen LogP contribution in [0, 0.1) is 0 Å². The van der Waals surface area contributed by atoms with E-state index in [1.165, 1.54) is 88.3 Å². The third kappa shape index (κ3) is 3.82. The topological polar surface area (TPSA) is 38.5 Å². The van der Waals surface area contributed by atoms with Crippen molar-refractivity contribution < 1.29 is 9.59 Å². The number of hydrogen-bond donors (Lipinski definition) is 0. The van der Waals surface area contributed by atoms with Gasteiger partial charge in [0.25, 0.3) is 0 Å². The molecule has 7 aliphatic rings.